The Morgan fingerprint density at radius 3 is 2.64 bits per heavy atom. The molecule has 0 atom stereocenters. The van der Waals surface area contributed by atoms with Gasteiger partial charge in [0.15, 0.2) is 0 Å². The average Bonchev–Trinajstić information content (AvgIpc) is 2.10. The SMILES string of the molecule is C=CCn1c(=O)nc(N(C)C)[nH]c1=O. The molecule has 0 saturated heterocycles. The molecule has 76 valence electrons. The van der Waals surface area contributed by atoms with Crippen molar-refractivity contribution in [3.05, 3.63) is 33.6 Å². The second kappa shape index (κ2) is 3.91. The number of nitrogens with zero attached hydrogens (tertiary/aromatic N) is 3. The van der Waals surface area contributed by atoms with Crippen LogP contribution in [0.3, 0.4) is 0 Å². The molecule has 0 aliphatic heterocycles. The minimum absolute atomic E-state index is 0.162. The molecule has 6 heteroatoms. The van der Waals surface area contributed by atoms with Crippen LogP contribution in [0.5, 0.6) is 0 Å². The van der Waals surface area contributed by atoms with Gasteiger partial charge in [-0.15, -0.1) is 6.58 Å². The number of rotatable bonds is 3. The highest BCUT2D eigenvalue weighted by Gasteiger charge is 2.04. The lowest BCUT2D eigenvalue weighted by Gasteiger charge is -2.10. The lowest BCUT2D eigenvalue weighted by atomic mass is 10.6. The summed E-state index contributed by atoms with van der Waals surface area (Å²) >= 11 is 0. The third-order valence-electron chi connectivity index (χ3n) is 1.63. The molecular formula is C8H12N4O2. The Labute approximate surface area is 80.5 Å². The summed E-state index contributed by atoms with van der Waals surface area (Å²) in [5.74, 6) is 0.250. The van der Waals surface area contributed by atoms with Crippen LogP contribution in [0.15, 0.2) is 22.2 Å². The highest BCUT2D eigenvalue weighted by atomic mass is 16.2. The predicted octanol–water partition coefficient (Wildman–Crippen LogP) is -0.816. The standard InChI is InChI=1S/C8H12N4O2/c1-4-5-12-7(13)9-6(11(2)3)10-8(12)14/h4H,1,5H2,2-3H3,(H,9,10,13,14). The summed E-state index contributed by atoms with van der Waals surface area (Å²) in [6, 6.07) is 0. The molecule has 14 heavy (non-hydrogen) atoms. The number of allylic oxidation sites excluding steroid dienone is 1. The summed E-state index contributed by atoms with van der Waals surface area (Å²) in [5, 5.41) is 0. The zero-order valence-corrected chi connectivity index (χ0v) is 8.15. The monoisotopic (exact) mass is 196 g/mol. The van der Waals surface area contributed by atoms with E-state index in [0.717, 1.165) is 4.57 Å². The number of aromatic nitrogens is 3. The largest absolute Gasteiger partial charge is 0.355 e. The Hall–Kier alpha value is -1.85. The highest BCUT2D eigenvalue weighted by Crippen LogP contribution is 1.92. The Balaban J connectivity index is 3.33. The zero-order valence-electron chi connectivity index (χ0n) is 8.15. The van der Waals surface area contributed by atoms with E-state index >= 15 is 0 Å². The second-order valence-corrected chi connectivity index (χ2v) is 2.94. The first-order valence-corrected chi connectivity index (χ1v) is 4.05. The van der Waals surface area contributed by atoms with Crippen LogP contribution < -0.4 is 16.3 Å². The molecule has 1 N–H and O–H groups in total. The Bertz CT molecular complexity index is 412. The van der Waals surface area contributed by atoms with Gasteiger partial charge in [0.1, 0.15) is 0 Å². The molecule has 0 amide bonds. The van der Waals surface area contributed by atoms with Crippen molar-refractivity contribution in [2.24, 2.45) is 0 Å². The molecule has 0 saturated carbocycles. The Morgan fingerprint density at radius 1 is 1.57 bits per heavy atom. The fourth-order valence-electron chi connectivity index (χ4n) is 0.931. The molecule has 1 aromatic rings. The maximum absolute atomic E-state index is 11.3. The van der Waals surface area contributed by atoms with E-state index in [1.807, 2.05) is 0 Å². The first-order chi connectivity index (χ1) is 6.56. The molecular weight excluding hydrogens is 184 g/mol. The van der Waals surface area contributed by atoms with E-state index in [4.69, 9.17) is 0 Å². The van der Waals surface area contributed by atoms with Gasteiger partial charge in [-0.2, -0.15) is 4.98 Å². The van der Waals surface area contributed by atoms with Crippen molar-refractivity contribution in [1.29, 1.82) is 0 Å². The van der Waals surface area contributed by atoms with Crippen LogP contribution >= 0.6 is 0 Å². The first kappa shape index (κ1) is 10.2. The maximum Gasteiger partial charge on any atom is 0.355 e. The number of anilines is 1. The van der Waals surface area contributed by atoms with Crippen molar-refractivity contribution in [1.82, 2.24) is 14.5 Å². The van der Waals surface area contributed by atoms with Crippen molar-refractivity contribution in [2.45, 2.75) is 6.54 Å². The van der Waals surface area contributed by atoms with Gasteiger partial charge in [-0.3, -0.25) is 4.98 Å². The molecule has 0 radical (unpaired) electrons. The quantitative estimate of drug-likeness (QED) is 0.641. The number of hydrogen-bond donors (Lipinski definition) is 1. The van der Waals surface area contributed by atoms with E-state index in [1.165, 1.54) is 6.08 Å². The molecule has 0 spiro atoms. The lowest BCUT2D eigenvalue weighted by molar-refractivity contribution is 0.674. The maximum atomic E-state index is 11.3. The molecule has 0 aliphatic rings. The van der Waals surface area contributed by atoms with Gasteiger partial charge < -0.3 is 4.90 Å². The summed E-state index contributed by atoms with van der Waals surface area (Å²) in [6.07, 6.45) is 1.47. The predicted molar refractivity (Wildman–Crippen MR) is 53.6 cm³/mol. The third-order valence-corrected chi connectivity index (χ3v) is 1.63. The summed E-state index contributed by atoms with van der Waals surface area (Å²) < 4.78 is 0.972. The van der Waals surface area contributed by atoms with E-state index in [1.54, 1.807) is 19.0 Å². The first-order valence-electron chi connectivity index (χ1n) is 4.05. The minimum atomic E-state index is -0.572. The smallest absolute Gasteiger partial charge is 0.348 e. The molecule has 0 bridgehead atoms. The van der Waals surface area contributed by atoms with E-state index in [0.29, 0.717) is 0 Å². The number of nitrogens with one attached hydrogen (secondary N) is 1. The van der Waals surface area contributed by atoms with Crippen LogP contribution in [0.25, 0.3) is 0 Å². The van der Waals surface area contributed by atoms with E-state index in [2.05, 4.69) is 16.5 Å². The molecule has 0 aliphatic carbocycles. The lowest BCUT2D eigenvalue weighted by Crippen LogP contribution is -2.38. The molecule has 1 rings (SSSR count). The van der Waals surface area contributed by atoms with Gasteiger partial charge in [-0.05, 0) is 0 Å². The van der Waals surface area contributed by atoms with Crippen LogP contribution in [0.2, 0.25) is 0 Å². The van der Waals surface area contributed by atoms with E-state index < -0.39 is 11.4 Å². The summed E-state index contributed by atoms with van der Waals surface area (Å²) in [4.78, 5) is 30.4. The summed E-state index contributed by atoms with van der Waals surface area (Å²) in [7, 11) is 3.38. The third kappa shape index (κ3) is 1.90. The Kier molecular flexibility index (Phi) is 2.85. The van der Waals surface area contributed by atoms with Crippen LogP contribution in [-0.4, -0.2) is 28.6 Å². The van der Waals surface area contributed by atoms with Crippen molar-refractivity contribution in [2.75, 3.05) is 19.0 Å². The van der Waals surface area contributed by atoms with E-state index in [-0.39, 0.29) is 12.5 Å². The zero-order chi connectivity index (χ0) is 10.7. The van der Waals surface area contributed by atoms with Crippen LogP contribution in [0.4, 0.5) is 5.95 Å². The highest BCUT2D eigenvalue weighted by molar-refractivity contribution is 5.23. The second-order valence-electron chi connectivity index (χ2n) is 2.94. The number of aromatic amines is 1. The van der Waals surface area contributed by atoms with E-state index in [9.17, 15) is 9.59 Å². The van der Waals surface area contributed by atoms with Gasteiger partial charge >= 0.3 is 11.4 Å². The van der Waals surface area contributed by atoms with Crippen molar-refractivity contribution in [3.8, 4) is 0 Å². The van der Waals surface area contributed by atoms with Crippen molar-refractivity contribution >= 4 is 5.95 Å². The van der Waals surface area contributed by atoms with Gasteiger partial charge in [0.25, 0.3) is 0 Å². The van der Waals surface area contributed by atoms with Crippen LogP contribution in [-0.2, 0) is 6.54 Å². The van der Waals surface area contributed by atoms with Crippen molar-refractivity contribution in [3.63, 3.8) is 0 Å². The average molecular weight is 196 g/mol. The summed E-state index contributed by atoms with van der Waals surface area (Å²) in [5.41, 5.74) is -1.05. The van der Waals surface area contributed by atoms with Gasteiger partial charge in [-0.1, -0.05) is 6.08 Å². The van der Waals surface area contributed by atoms with Gasteiger partial charge in [0.05, 0.1) is 6.54 Å². The fraction of sp³-hybridized carbons (Fsp3) is 0.375. The molecule has 6 nitrogen and oxygen atoms in total. The topological polar surface area (TPSA) is 71.0 Å². The molecule has 0 fully saturated rings. The number of H-pyrrole nitrogens is 1. The molecule has 1 heterocycles. The fourth-order valence-corrected chi connectivity index (χ4v) is 0.931. The normalized spacial score (nSPS) is 9.86. The summed E-state index contributed by atoms with van der Waals surface area (Å²) in [6.45, 7) is 3.61. The van der Waals surface area contributed by atoms with Gasteiger partial charge in [0.2, 0.25) is 5.95 Å². The van der Waals surface area contributed by atoms with Crippen molar-refractivity contribution < 1.29 is 0 Å². The molecule has 0 unspecified atom stereocenters. The number of hydrogen-bond acceptors (Lipinski definition) is 4. The van der Waals surface area contributed by atoms with Gasteiger partial charge in [0, 0.05) is 14.1 Å². The van der Waals surface area contributed by atoms with Crippen LogP contribution in [0.1, 0.15) is 0 Å². The molecule has 0 aromatic carbocycles. The van der Waals surface area contributed by atoms with Crippen LogP contribution in [0, 0.1) is 0 Å². The minimum Gasteiger partial charge on any atom is -0.348 e. The molecule has 1 aromatic heterocycles. The van der Waals surface area contributed by atoms with Gasteiger partial charge in [-0.25, -0.2) is 14.2 Å². The Morgan fingerprint density at radius 2 is 2.21 bits per heavy atom.